The van der Waals surface area contributed by atoms with E-state index in [0.717, 1.165) is 38.9 Å². The summed E-state index contributed by atoms with van der Waals surface area (Å²) in [5, 5.41) is 15.2. The van der Waals surface area contributed by atoms with E-state index < -0.39 is 0 Å². The van der Waals surface area contributed by atoms with Crippen LogP contribution in [0, 0.1) is 5.92 Å². The highest BCUT2D eigenvalue weighted by molar-refractivity contribution is 7.13. The van der Waals surface area contributed by atoms with Gasteiger partial charge in [-0.15, -0.1) is 10.2 Å². The molecule has 124 valence electrons. The Bertz CT molecular complexity index is 592. The van der Waals surface area contributed by atoms with E-state index >= 15 is 0 Å². The number of piperidine rings is 1. The molecule has 1 N–H and O–H groups in total. The molecule has 3 rings (SSSR count). The maximum Gasteiger partial charge on any atom is 0.243 e. The van der Waals surface area contributed by atoms with Crippen molar-refractivity contribution in [2.45, 2.75) is 38.8 Å². The van der Waals surface area contributed by atoms with Crippen LogP contribution in [-0.2, 0) is 11.3 Å². The van der Waals surface area contributed by atoms with Crippen molar-refractivity contribution >= 4 is 22.4 Å². The number of anilines is 1. The van der Waals surface area contributed by atoms with E-state index in [1.165, 1.54) is 11.3 Å². The first-order chi connectivity index (χ1) is 11.2. The van der Waals surface area contributed by atoms with Crippen molar-refractivity contribution in [3.63, 3.8) is 0 Å². The van der Waals surface area contributed by atoms with Crippen molar-refractivity contribution in [2.24, 2.45) is 5.92 Å². The largest absolute Gasteiger partial charge is 0.299 e. The Morgan fingerprint density at radius 2 is 2.30 bits per heavy atom. The summed E-state index contributed by atoms with van der Waals surface area (Å²) in [6.45, 7) is 4.87. The first-order valence-corrected chi connectivity index (χ1v) is 8.89. The molecule has 1 unspecified atom stereocenters. The Balaban J connectivity index is 1.41. The van der Waals surface area contributed by atoms with E-state index in [-0.39, 0.29) is 11.9 Å². The smallest absolute Gasteiger partial charge is 0.243 e. The molecule has 1 amide bonds. The number of nitrogens with zero attached hydrogens (tertiary/aromatic N) is 5. The molecule has 2 aromatic heterocycles. The molecule has 0 saturated carbocycles. The zero-order chi connectivity index (χ0) is 16.1. The fourth-order valence-corrected chi connectivity index (χ4v) is 3.43. The second kappa shape index (κ2) is 7.65. The molecule has 1 saturated heterocycles. The zero-order valence-corrected chi connectivity index (χ0v) is 14.1. The third kappa shape index (κ3) is 4.35. The summed E-state index contributed by atoms with van der Waals surface area (Å²) in [5.74, 6) is 0.714. The minimum absolute atomic E-state index is 0.00302. The van der Waals surface area contributed by atoms with Gasteiger partial charge in [-0.1, -0.05) is 11.3 Å². The maximum atomic E-state index is 12.2. The van der Waals surface area contributed by atoms with E-state index in [2.05, 4.69) is 25.5 Å². The second-order valence-electron chi connectivity index (χ2n) is 5.95. The number of amides is 1. The van der Waals surface area contributed by atoms with Crippen molar-refractivity contribution in [3.05, 3.63) is 24.0 Å². The molecule has 7 nitrogen and oxygen atoms in total. The van der Waals surface area contributed by atoms with E-state index in [4.69, 9.17) is 0 Å². The molecule has 1 aliphatic heterocycles. The van der Waals surface area contributed by atoms with Gasteiger partial charge in [-0.3, -0.25) is 19.7 Å². The lowest BCUT2D eigenvalue weighted by Gasteiger charge is -2.35. The third-order valence-electron chi connectivity index (χ3n) is 4.49. The van der Waals surface area contributed by atoms with Crippen LogP contribution in [0.3, 0.4) is 0 Å². The molecule has 1 atom stereocenters. The molecule has 23 heavy (non-hydrogen) atoms. The number of rotatable bonds is 6. The molecule has 0 spiro atoms. The van der Waals surface area contributed by atoms with Crippen LogP contribution in [0.4, 0.5) is 5.13 Å². The van der Waals surface area contributed by atoms with E-state index in [1.54, 1.807) is 5.51 Å². The molecule has 0 bridgehead atoms. The molecule has 1 fully saturated rings. The van der Waals surface area contributed by atoms with Crippen molar-refractivity contribution < 1.29 is 4.79 Å². The van der Waals surface area contributed by atoms with Gasteiger partial charge in [0.05, 0.1) is 6.04 Å². The molecule has 0 aliphatic carbocycles. The van der Waals surface area contributed by atoms with Crippen molar-refractivity contribution in [1.82, 2.24) is 24.9 Å². The normalized spacial score (nSPS) is 18.0. The number of hydrogen-bond acceptors (Lipinski definition) is 6. The number of aromatic nitrogens is 4. The second-order valence-corrected chi connectivity index (χ2v) is 6.78. The SMILES string of the molecule is CC(C(=O)Nc1nncs1)N1CCC(CCn2cccn2)CC1. The highest BCUT2D eigenvalue weighted by Gasteiger charge is 2.26. The number of aryl methyl sites for hydroxylation is 1. The van der Waals surface area contributed by atoms with Gasteiger partial charge in [0.25, 0.3) is 0 Å². The average molecular weight is 334 g/mol. The highest BCUT2D eigenvalue weighted by Crippen LogP contribution is 2.23. The molecule has 0 radical (unpaired) electrons. The molecule has 8 heteroatoms. The summed E-state index contributed by atoms with van der Waals surface area (Å²) in [5.41, 5.74) is 1.62. The quantitative estimate of drug-likeness (QED) is 0.873. The number of likely N-dealkylation sites (tertiary alicyclic amines) is 1. The van der Waals surface area contributed by atoms with Gasteiger partial charge in [0, 0.05) is 18.9 Å². The predicted molar refractivity (Wildman–Crippen MR) is 89.1 cm³/mol. The van der Waals surface area contributed by atoms with Crippen LogP contribution in [0.2, 0.25) is 0 Å². The Labute approximate surface area is 139 Å². The Kier molecular flexibility index (Phi) is 5.35. The highest BCUT2D eigenvalue weighted by atomic mass is 32.1. The van der Waals surface area contributed by atoms with Crippen LogP contribution >= 0.6 is 11.3 Å². The van der Waals surface area contributed by atoms with E-state index in [0.29, 0.717) is 11.0 Å². The maximum absolute atomic E-state index is 12.2. The summed E-state index contributed by atoms with van der Waals surface area (Å²) in [6, 6.07) is 1.83. The van der Waals surface area contributed by atoms with Gasteiger partial charge in [-0.05, 0) is 51.3 Å². The van der Waals surface area contributed by atoms with Gasteiger partial charge in [-0.2, -0.15) is 5.10 Å². The van der Waals surface area contributed by atoms with Gasteiger partial charge in [-0.25, -0.2) is 0 Å². The molecular weight excluding hydrogens is 312 g/mol. The van der Waals surface area contributed by atoms with Crippen molar-refractivity contribution in [3.8, 4) is 0 Å². The van der Waals surface area contributed by atoms with Crippen LogP contribution in [0.1, 0.15) is 26.2 Å². The summed E-state index contributed by atoms with van der Waals surface area (Å²) in [7, 11) is 0. The van der Waals surface area contributed by atoms with Crippen LogP contribution in [-0.4, -0.2) is 49.9 Å². The lowest BCUT2D eigenvalue weighted by Crippen LogP contribution is -2.46. The number of carbonyl (C=O) groups excluding carboxylic acids is 1. The molecule has 2 aromatic rings. The van der Waals surface area contributed by atoms with Gasteiger partial charge in [0.2, 0.25) is 11.0 Å². The van der Waals surface area contributed by atoms with Crippen LogP contribution in [0.15, 0.2) is 24.0 Å². The topological polar surface area (TPSA) is 75.9 Å². The summed E-state index contributed by atoms with van der Waals surface area (Å²) >= 11 is 1.34. The third-order valence-corrected chi connectivity index (χ3v) is 5.10. The molecule has 3 heterocycles. The Morgan fingerprint density at radius 3 is 2.96 bits per heavy atom. The van der Waals surface area contributed by atoms with Gasteiger partial charge >= 0.3 is 0 Å². The Morgan fingerprint density at radius 1 is 1.48 bits per heavy atom. The predicted octanol–water partition coefficient (Wildman–Crippen LogP) is 1.86. The number of nitrogens with one attached hydrogen (secondary N) is 1. The van der Waals surface area contributed by atoms with E-state index in [1.807, 2.05) is 30.1 Å². The van der Waals surface area contributed by atoms with Gasteiger partial charge in [0.15, 0.2) is 0 Å². The van der Waals surface area contributed by atoms with Gasteiger partial charge < -0.3 is 0 Å². The molecule has 1 aliphatic rings. The number of hydrogen-bond donors (Lipinski definition) is 1. The first-order valence-electron chi connectivity index (χ1n) is 8.01. The lowest BCUT2D eigenvalue weighted by atomic mass is 9.93. The summed E-state index contributed by atoms with van der Waals surface area (Å²) in [6.07, 6.45) is 7.26. The van der Waals surface area contributed by atoms with Gasteiger partial charge in [0.1, 0.15) is 5.51 Å². The van der Waals surface area contributed by atoms with Crippen molar-refractivity contribution in [1.29, 1.82) is 0 Å². The standard InChI is InChI=1S/C15H22N6OS/c1-12(14(22)18-15-19-16-11-23-15)20-8-3-13(4-9-20)5-10-21-7-2-6-17-21/h2,6-7,11-13H,3-5,8-10H2,1H3,(H,18,19,22). The van der Waals surface area contributed by atoms with Crippen LogP contribution in [0.5, 0.6) is 0 Å². The van der Waals surface area contributed by atoms with Crippen LogP contribution < -0.4 is 5.32 Å². The zero-order valence-electron chi connectivity index (χ0n) is 13.3. The fraction of sp³-hybridized carbons (Fsp3) is 0.600. The number of carbonyl (C=O) groups is 1. The average Bonchev–Trinajstić information content (AvgIpc) is 3.26. The lowest BCUT2D eigenvalue weighted by molar-refractivity contribution is -0.121. The Hall–Kier alpha value is -1.80. The summed E-state index contributed by atoms with van der Waals surface area (Å²) < 4.78 is 1.99. The first kappa shape index (κ1) is 16.1. The fourth-order valence-electron chi connectivity index (χ4n) is 2.98. The minimum atomic E-state index is -0.133. The summed E-state index contributed by atoms with van der Waals surface area (Å²) in [4.78, 5) is 14.5. The molecule has 0 aromatic carbocycles. The van der Waals surface area contributed by atoms with Crippen LogP contribution in [0.25, 0.3) is 0 Å². The molecular formula is C15H22N6OS. The minimum Gasteiger partial charge on any atom is -0.299 e. The monoisotopic (exact) mass is 334 g/mol. The van der Waals surface area contributed by atoms with Crippen molar-refractivity contribution in [2.75, 3.05) is 18.4 Å². The van der Waals surface area contributed by atoms with E-state index in [9.17, 15) is 4.79 Å².